The highest BCUT2D eigenvalue weighted by atomic mass is 16.6. The van der Waals surface area contributed by atoms with Crippen molar-refractivity contribution < 1.29 is 14.6 Å². The Morgan fingerprint density at radius 2 is 2.15 bits per heavy atom. The first-order valence-electron chi connectivity index (χ1n) is 10.3. The zero-order valence-electron chi connectivity index (χ0n) is 17.1. The van der Waals surface area contributed by atoms with Gasteiger partial charge in [0.25, 0.3) is 0 Å². The average Bonchev–Trinajstić information content (AvgIpc) is 2.57. The molecule has 2 aliphatic heterocycles. The summed E-state index contributed by atoms with van der Waals surface area (Å²) in [6.45, 7) is 9.93. The number of benzene rings is 1. The molecule has 5 heteroatoms. The number of nitrogens with zero attached hydrogens (tertiary/aromatic N) is 1. The molecule has 0 aromatic heterocycles. The zero-order chi connectivity index (χ0) is 19.6. The first-order valence-corrected chi connectivity index (χ1v) is 10.3. The van der Waals surface area contributed by atoms with Gasteiger partial charge in [-0.15, -0.1) is 0 Å². The van der Waals surface area contributed by atoms with Crippen LogP contribution in [-0.4, -0.2) is 40.8 Å². The Morgan fingerprint density at radius 3 is 2.85 bits per heavy atom. The van der Waals surface area contributed by atoms with Crippen molar-refractivity contribution in [3.8, 4) is 5.75 Å². The number of hydrogen-bond donors (Lipinski definition) is 2. The highest BCUT2D eigenvalue weighted by molar-refractivity contribution is 5.68. The van der Waals surface area contributed by atoms with E-state index in [0.717, 1.165) is 32.4 Å². The van der Waals surface area contributed by atoms with E-state index in [4.69, 9.17) is 4.74 Å². The number of nitrogens with one attached hydrogen (secondary N) is 1. The van der Waals surface area contributed by atoms with Gasteiger partial charge in [-0.1, -0.05) is 25.8 Å². The number of unbranched alkanes of at least 4 members (excludes halogenated alkanes) is 1. The molecule has 1 fully saturated rings. The van der Waals surface area contributed by atoms with E-state index in [9.17, 15) is 9.90 Å². The summed E-state index contributed by atoms with van der Waals surface area (Å²) in [6.07, 6.45) is 5.03. The van der Waals surface area contributed by atoms with Gasteiger partial charge in [-0.25, -0.2) is 4.79 Å². The van der Waals surface area contributed by atoms with Gasteiger partial charge >= 0.3 is 6.09 Å². The molecule has 150 valence electrons. The molecule has 2 aliphatic rings. The molecule has 1 aromatic carbocycles. The van der Waals surface area contributed by atoms with Crippen molar-refractivity contribution in [3.05, 3.63) is 29.3 Å². The normalized spacial score (nSPS) is 25.4. The minimum atomic E-state index is -0.487. The fourth-order valence-electron chi connectivity index (χ4n) is 4.50. The summed E-state index contributed by atoms with van der Waals surface area (Å²) in [7, 11) is 0. The third kappa shape index (κ3) is 4.95. The average molecular weight is 375 g/mol. The van der Waals surface area contributed by atoms with Gasteiger partial charge in [0.2, 0.25) is 0 Å². The summed E-state index contributed by atoms with van der Waals surface area (Å²) in [5, 5.41) is 13.0. The number of fused-ring (bicyclic) bond motifs is 3. The number of phenolic OH excluding ortho intramolecular Hbond substituents is 1. The second-order valence-corrected chi connectivity index (χ2v) is 9.03. The number of hydrogen-bond acceptors (Lipinski definition) is 4. The van der Waals surface area contributed by atoms with E-state index >= 15 is 0 Å². The summed E-state index contributed by atoms with van der Waals surface area (Å²) in [6, 6.07) is 6.14. The maximum atomic E-state index is 12.4. The van der Waals surface area contributed by atoms with Crippen molar-refractivity contribution in [1.29, 1.82) is 0 Å². The van der Waals surface area contributed by atoms with E-state index in [2.05, 4.69) is 23.2 Å². The summed E-state index contributed by atoms with van der Waals surface area (Å²) in [5.41, 5.74) is 2.04. The molecule has 5 nitrogen and oxygen atoms in total. The van der Waals surface area contributed by atoms with Gasteiger partial charge in [0.15, 0.2) is 0 Å². The van der Waals surface area contributed by atoms with Crippen LogP contribution < -0.4 is 5.32 Å². The van der Waals surface area contributed by atoms with Crippen LogP contribution in [0.5, 0.6) is 5.75 Å². The van der Waals surface area contributed by atoms with Gasteiger partial charge in [-0.05, 0) is 69.2 Å². The molecule has 2 N–H and O–H groups in total. The monoisotopic (exact) mass is 374 g/mol. The fraction of sp³-hybridized carbons (Fsp3) is 0.682. The predicted octanol–water partition coefficient (Wildman–Crippen LogP) is 4.39. The van der Waals surface area contributed by atoms with E-state index in [1.165, 1.54) is 24.0 Å². The lowest BCUT2D eigenvalue weighted by atomic mass is 9.79. The number of phenols is 1. The van der Waals surface area contributed by atoms with E-state index < -0.39 is 5.60 Å². The van der Waals surface area contributed by atoms with E-state index in [0.29, 0.717) is 17.7 Å². The Balaban J connectivity index is 1.77. The fourth-order valence-corrected chi connectivity index (χ4v) is 4.50. The largest absolute Gasteiger partial charge is 0.508 e. The van der Waals surface area contributed by atoms with Crippen LogP contribution in [0.2, 0.25) is 0 Å². The van der Waals surface area contributed by atoms with Gasteiger partial charge in [0.05, 0.1) is 0 Å². The molecule has 2 heterocycles. The van der Waals surface area contributed by atoms with Gasteiger partial charge in [-0.3, -0.25) is 4.90 Å². The maximum Gasteiger partial charge on any atom is 0.407 e. The molecule has 27 heavy (non-hydrogen) atoms. The number of piperidine rings is 1. The lowest BCUT2D eigenvalue weighted by Gasteiger charge is -2.47. The smallest absolute Gasteiger partial charge is 0.407 e. The first-order chi connectivity index (χ1) is 12.8. The Kier molecular flexibility index (Phi) is 5.99. The minimum Gasteiger partial charge on any atom is -0.508 e. The number of carbonyl (C=O) groups is 1. The molecule has 1 saturated heterocycles. The third-order valence-corrected chi connectivity index (χ3v) is 5.74. The molecular weight excluding hydrogens is 340 g/mol. The molecule has 3 atom stereocenters. The van der Waals surface area contributed by atoms with Crippen molar-refractivity contribution in [2.24, 2.45) is 5.92 Å². The standard InChI is InChI=1S/C22H34N2O3/c1-5-6-7-16-14-24-11-10-15-12-17(25)8-9-18(15)20(24)13-19(16)23-21(26)27-22(2,3)4/h8-9,12,16,19-20,25H,5-7,10-11,13-14H2,1-4H3,(H,23,26). The van der Waals surface area contributed by atoms with Crippen molar-refractivity contribution in [2.45, 2.75) is 77.5 Å². The Bertz CT molecular complexity index is 668. The molecule has 0 bridgehead atoms. The van der Waals surface area contributed by atoms with Gasteiger partial charge in [0.1, 0.15) is 11.4 Å². The summed E-state index contributed by atoms with van der Waals surface area (Å²) in [4.78, 5) is 15.0. The number of rotatable bonds is 4. The molecule has 1 aromatic rings. The second-order valence-electron chi connectivity index (χ2n) is 9.03. The molecular formula is C22H34N2O3. The predicted molar refractivity (Wildman–Crippen MR) is 107 cm³/mol. The molecule has 1 amide bonds. The van der Waals surface area contributed by atoms with Crippen molar-refractivity contribution >= 4 is 6.09 Å². The highest BCUT2D eigenvalue weighted by Crippen LogP contribution is 2.40. The zero-order valence-corrected chi connectivity index (χ0v) is 17.1. The summed E-state index contributed by atoms with van der Waals surface area (Å²) < 4.78 is 5.52. The number of aromatic hydroxyl groups is 1. The van der Waals surface area contributed by atoms with Gasteiger partial charge < -0.3 is 15.2 Å². The number of carbonyl (C=O) groups excluding carboxylic acids is 1. The minimum absolute atomic E-state index is 0.118. The molecule has 0 radical (unpaired) electrons. The lowest BCUT2D eigenvalue weighted by molar-refractivity contribution is 0.0325. The third-order valence-electron chi connectivity index (χ3n) is 5.74. The topological polar surface area (TPSA) is 61.8 Å². The lowest BCUT2D eigenvalue weighted by Crippen LogP contribution is -2.54. The van der Waals surface area contributed by atoms with Crippen LogP contribution in [-0.2, 0) is 11.2 Å². The van der Waals surface area contributed by atoms with E-state index in [1.807, 2.05) is 26.8 Å². The van der Waals surface area contributed by atoms with Crippen LogP contribution in [0.15, 0.2) is 18.2 Å². The van der Waals surface area contributed by atoms with E-state index in [1.54, 1.807) is 6.07 Å². The summed E-state index contributed by atoms with van der Waals surface area (Å²) >= 11 is 0. The van der Waals surface area contributed by atoms with E-state index in [-0.39, 0.29) is 12.1 Å². The summed E-state index contributed by atoms with van der Waals surface area (Å²) in [5.74, 6) is 0.787. The van der Waals surface area contributed by atoms with Gasteiger partial charge in [0, 0.05) is 25.2 Å². The Hall–Kier alpha value is -1.75. The van der Waals surface area contributed by atoms with Crippen molar-refractivity contribution in [2.75, 3.05) is 13.1 Å². The molecule has 0 spiro atoms. The Morgan fingerprint density at radius 1 is 1.37 bits per heavy atom. The van der Waals surface area contributed by atoms with Crippen LogP contribution in [0.4, 0.5) is 4.79 Å². The SMILES string of the molecule is CCCCC1CN2CCc3cc(O)ccc3C2CC1NC(=O)OC(C)(C)C. The number of ether oxygens (including phenoxy) is 1. The van der Waals surface area contributed by atoms with Crippen LogP contribution in [0.3, 0.4) is 0 Å². The van der Waals surface area contributed by atoms with Gasteiger partial charge in [-0.2, -0.15) is 0 Å². The number of alkyl carbamates (subject to hydrolysis) is 1. The molecule has 0 saturated carbocycles. The molecule has 0 aliphatic carbocycles. The van der Waals surface area contributed by atoms with Crippen LogP contribution >= 0.6 is 0 Å². The van der Waals surface area contributed by atoms with Crippen LogP contribution in [0.1, 0.15) is 70.5 Å². The first kappa shape index (κ1) is 20.0. The highest BCUT2D eigenvalue weighted by Gasteiger charge is 2.39. The Labute approximate surface area is 163 Å². The second kappa shape index (κ2) is 8.09. The quantitative estimate of drug-likeness (QED) is 0.820. The molecule has 3 rings (SSSR count). The van der Waals surface area contributed by atoms with Crippen LogP contribution in [0, 0.1) is 5.92 Å². The number of amides is 1. The molecule has 3 unspecified atom stereocenters. The maximum absolute atomic E-state index is 12.4. The van der Waals surface area contributed by atoms with Crippen molar-refractivity contribution in [3.63, 3.8) is 0 Å². The van der Waals surface area contributed by atoms with Crippen LogP contribution in [0.25, 0.3) is 0 Å². The van der Waals surface area contributed by atoms with Crippen molar-refractivity contribution in [1.82, 2.24) is 10.2 Å².